The molecule has 1 aliphatic carbocycles. The number of carboxylic acid groups (broad SMARTS) is 2. The topological polar surface area (TPSA) is 499 Å². The summed E-state index contributed by atoms with van der Waals surface area (Å²) >= 11 is 1.12. The fourth-order valence-corrected chi connectivity index (χ4v) is 12.0. The van der Waals surface area contributed by atoms with Crippen molar-refractivity contribution in [2.24, 2.45) is 11.8 Å². The van der Waals surface area contributed by atoms with Crippen molar-refractivity contribution in [1.29, 1.82) is 0 Å². The van der Waals surface area contributed by atoms with E-state index in [4.69, 9.17) is 0 Å². The van der Waals surface area contributed by atoms with Crippen LogP contribution in [-0.4, -0.2) is 220 Å². The fraction of sp³-hybridized carbons (Fsp3) is 0.571. The van der Waals surface area contributed by atoms with Crippen molar-refractivity contribution in [3.8, 4) is 0 Å². The smallest absolute Gasteiger partial charge is 0.328 e. The Morgan fingerprint density at radius 3 is 2.06 bits per heavy atom. The van der Waals surface area contributed by atoms with E-state index >= 15 is 0 Å². The number of carbonyl (C=O) groups is 13. The van der Waals surface area contributed by atoms with Crippen molar-refractivity contribution >= 4 is 99.5 Å². The van der Waals surface area contributed by atoms with Crippen LogP contribution in [0.25, 0.3) is 10.8 Å². The first-order chi connectivity index (χ1) is 46.7. The first-order valence-electron chi connectivity index (χ1n) is 32.6. The Morgan fingerprint density at radius 1 is 0.704 bits per heavy atom. The maximum absolute atomic E-state index is 14.9. The van der Waals surface area contributed by atoms with Gasteiger partial charge in [0.05, 0.1) is 30.7 Å². The fourth-order valence-electron chi connectivity index (χ4n) is 10.9. The van der Waals surface area contributed by atoms with Crippen LogP contribution >= 0.6 is 11.8 Å². The summed E-state index contributed by atoms with van der Waals surface area (Å²) in [6, 6.07) is -7.18. The van der Waals surface area contributed by atoms with Crippen molar-refractivity contribution in [2.45, 2.75) is 190 Å². The van der Waals surface area contributed by atoms with Gasteiger partial charge in [-0.05, 0) is 101 Å². The quantitative estimate of drug-likeness (QED) is 0.0553. The van der Waals surface area contributed by atoms with E-state index in [1.807, 2.05) is 6.07 Å². The van der Waals surface area contributed by atoms with Gasteiger partial charge in [-0.3, -0.25) is 67.2 Å². The molecule has 12 atom stereocenters. The Labute approximate surface area is 568 Å². The number of nitrogens with one attached hydrogen (secondary N) is 13. The van der Waals surface area contributed by atoms with Crippen LogP contribution in [0.2, 0.25) is 0 Å². The van der Waals surface area contributed by atoms with Gasteiger partial charge in [0, 0.05) is 66.9 Å². The zero-order chi connectivity index (χ0) is 71.2. The van der Waals surface area contributed by atoms with Gasteiger partial charge in [-0.1, -0.05) is 56.2 Å². The molecule has 532 valence electrons. The van der Waals surface area contributed by atoms with E-state index in [9.17, 15) is 77.6 Å². The van der Waals surface area contributed by atoms with E-state index in [0.717, 1.165) is 36.9 Å². The number of aliphatic hydroxyl groups excluding tert-OH is 1. The zero-order valence-corrected chi connectivity index (χ0v) is 55.9. The Morgan fingerprint density at radius 2 is 1.38 bits per heavy atom. The number of likely N-dealkylation sites (N-methyl/N-ethyl adjacent to an activating group) is 1. The van der Waals surface area contributed by atoms with E-state index in [1.165, 1.54) is 31.2 Å². The number of carboxylic acids is 2. The number of hydrogen-bond donors (Lipinski definition) is 16. The van der Waals surface area contributed by atoms with Crippen LogP contribution in [0.1, 0.15) is 109 Å². The van der Waals surface area contributed by atoms with Gasteiger partial charge in [0.2, 0.25) is 65.0 Å². The number of aliphatic carboxylic acids is 2. The first-order valence-corrected chi connectivity index (χ1v) is 33.8. The molecular weight excluding hydrogens is 1300 g/mol. The molecule has 34 nitrogen and oxygen atoms in total. The van der Waals surface area contributed by atoms with Crippen molar-refractivity contribution in [3.63, 3.8) is 0 Å². The predicted molar refractivity (Wildman–Crippen MR) is 351 cm³/mol. The maximum atomic E-state index is 14.9. The average Bonchev–Trinajstić information content (AvgIpc) is 1.40. The van der Waals surface area contributed by atoms with Crippen LogP contribution in [0.15, 0.2) is 55.2 Å². The van der Waals surface area contributed by atoms with Gasteiger partial charge < -0.3 is 84.1 Å². The molecule has 5 heterocycles. The van der Waals surface area contributed by atoms with Gasteiger partial charge in [0.1, 0.15) is 54.4 Å². The molecule has 1 saturated carbocycles. The molecule has 3 aromatic heterocycles. The highest BCUT2D eigenvalue weighted by Gasteiger charge is 2.38. The van der Waals surface area contributed by atoms with Crippen LogP contribution < -0.4 is 63.8 Å². The van der Waals surface area contributed by atoms with Gasteiger partial charge in [0.25, 0.3) is 0 Å². The van der Waals surface area contributed by atoms with E-state index < -0.39 is 175 Å². The molecule has 3 aliphatic rings. The number of aromatic amines is 1. The van der Waals surface area contributed by atoms with E-state index in [1.54, 1.807) is 50.5 Å². The number of nitrogens with zero attached hydrogens (tertiary/aromatic N) is 5. The van der Waals surface area contributed by atoms with Gasteiger partial charge in [-0.25, -0.2) is 9.78 Å². The van der Waals surface area contributed by atoms with Crippen LogP contribution in [0, 0.1) is 11.8 Å². The molecule has 1 unspecified atom stereocenters. The van der Waals surface area contributed by atoms with E-state index in [0.29, 0.717) is 22.5 Å². The molecule has 2 aliphatic heterocycles. The molecule has 4 aromatic rings. The molecule has 7 rings (SSSR count). The van der Waals surface area contributed by atoms with Crippen LogP contribution in [0.4, 0.5) is 0 Å². The minimum Gasteiger partial charge on any atom is -0.481 e. The summed E-state index contributed by atoms with van der Waals surface area (Å²) in [7, 11) is 1.48. The summed E-state index contributed by atoms with van der Waals surface area (Å²) in [6.07, 6.45) is 4.13. The number of pyridine rings is 1. The van der Waals surface area contributed by atoms with Crippen molar-refractivity contribution in [1.82, 2.24) is 93.7 Å². The second kappa shape index (κ2) is 36.6. The Kier molecular flexibility index (Phi) is 28.3. The Bertz CT molecular complexity index is 3500. The molecule has 0 spiro atoms. The summed E-state index contributed by atoms with van der Waals surface area (Å²) in [5.74, 6) is -13.6. The number of fused-ring (bicyclic) bond motifs is 7. The van der Waals surface area contributed by atoms with E-state index in [2.05, 4.69) is 89.1 Å². The molecule has 0 saturated heterocycles. The van der Waals surface area contributed by atoms with Gasteiger partial charge in [0.15, 0.2) is 6.04 Å². The standard InChI is InChI=1S/C63H88N18O16S/c1-32(2)51-62(95)76-46(24-39-23-36-10-6-7-11-37(36)26-66-39)59(92)73-44(58(91)78-52(34(4)82)63(96)97)19-21-98-30-48(64-5)61(94)69-33(3)53(86)71-43-16-15-38-29-81(80-79-38)20-9-8-12-41(57(90)77-51)72-55(88)42(17-18-50(84)85)70-49(83)28-67-54(87)45(22-35-13-14-35)74-60(93)47(75-56(43)89)25-40-27-65-31-68-40/h6-7,10-11,23,26-27,29,31-35,41-48,51-52,64,82H,8-9,12-22,24-25,28,30H2,1-5H3,(H,65,68)(H,67,87)(H,69,94)(H,70,83)(H,71,86)(H,72,88)(H,73,92)(H,74,93)(H,75,89)(H,76,95)(H,77,90)(H,78,91)(H,84,85)(H,96,97)/t33-,34?,41-,42-,43-,44-,45-,46-,47-,48-,51-,52-/m0/s1. The number of aliphatic hydroxyl groups is 1. The second-order valence-electron chi connectivity index (χ2n) is 25.1. The number of aromatic nitrogens is 6. The number of amides is 11. The third-order valence-electron chi connectivity index (χ3n) is 16.8. The summed E-state index contributed by atoms with van der Waals surface area (Å²) in [6.45, 7) is 5.08. The van der Waals surface area contributed by atoms with E-state index in [-0.39, 0.29) is 81.8 Å². The van der Waals surface area contributed by atoms with Crippen molar-refractivity contribution in [3.05, 3.63) is 72.3 Å². The molecule has 0 radical (unpaired) electrons. The Hall–Kier alpha value is -9.64. The number of benzene rings is 1. The highest BCUT2D eigenvalue weighted by atomic mass is 32.2. The minimum absolute atomic E-state index is 0.000311. The van der Waals surface area contributed by atoms with Gasteiger partial charge in [-0.15, -0.1) is 5.10 Å². The number of rotatable bonds is 15. The van der Waals surface area contributed by atoms with Crippen LogP contribution in [0.5, 0.6) is 0 Å². The lowest BCUT2D eigenvalue weighted by Gasteiger charge is -2.29. The lowest BCUT2D eigenvalue weighted by Crippen LogP contribution is -2.61. The highest BCUT2D eigenvalue weighted by molar-refractivity contribution is 7.99. The monoisotopic (exact) mass is 1380 g/mol. The lowest BCUT2D eigenvalue weighted by atomic mass is 10.00. The summed E-state index contributed by atoms with van der Waals surface area (Å²) in [5, 5.41) is 71.7. The van der Waals surface area contributed by atoms with Crippen molar-refractivity contribution in [2.75, 3.05) is 25.1 Å². The molecule has 35 heteroatoms. The molecule has 98 heavy (non-hydrogen) atoms. The number of aryl methyl sites for hydroxylation is 2. The Balaban J connectivity index is 1.29. The molecule has 1 fully saturated rings. The normalized spacial score (nSPS) is 25.5. The lowest BCUT2D eigenvalue weighted by molar-refractivity contribution is -0.145. The summed E-state index contributed by atoms with van der Waals surface area (Å²) in [5.41, 5.74) is 1.04. The molecule has 1 aromatic carbocycles. The zero-order valence-electron chi connectivity index (χ0n) is 55.1. The number of hydrogen-bond acceptors (Lipinski definition) is 20. The third-order valence-corrected chi connectivity index (χ3v) is 17.9. The largest absolute Gasteiger partial charge is 0.481 e. The molecule has 11 amide bonds. The summed E-state index contributed by atoms with van der Waals surface area (Å²) in [4.78, 5) is 194. The molecular formula is C63H88N18O16S. The highest BCUT2D eigenvalue weighted by Crippen LogP contribution is 2.33. The number of carbonyl (C=O) groups excluding carboxylic acids is 11. The molecule has 16 N–H and O–H groups in total. The SMILES string of the molecule is CN[C@H]1CSCC[C@@H](C(=O)N[C@H](C(=O)O)C(C)O)NC(=O)[C@H](Cc2cc3ccccc3cn2)NC(=O)[C@H](C(C)C)NC(=O)[C@@H]2CCCCn3cc(nn3)CC[C@H](NC(=O)[C@H](C)NC1=O)C(=O)N[C@@H](Cc1cnc[nH]1)C(=O)N[C@@H](CC1CC1)C(=O)NCC(=O)N[C@@H](CCC(=O)O)C(=O)N2. The summed E-state index contributed by atoms with van der Waals surface area (Å²) < 4.78 is 1.48. The minimum atomic E-state index is -1.84. The van der Waals surface area contributed by atoms with Crippen molar-refractivity contribution < 1.29 is 77.6 Å². The number of H-pyrrole nitrogens is 1. The van der Waals surface area contributed by atoms with Gasteiger partial charge in [-0.2, -0.15) is 11.8 Å². The van der Waals surface area contributed by atoms with Gasteiger partial charge >= 0.3 is 11.9 Å². The average molecular weight is 1390 g/mol. The first kappa shape index (κ1) is 75.7. The van der Waals surface area contributed by atoms with Crippen LogP contribution in [0.3, 0.4) is 0 Å². The predicted octanol–water partition coefficient (Wildman–Crippen LogP) is -3.35. The number of imidazole rings is 1. The second-order valence-corrected chi connectivity index (χ2v) is 26.2. The molecule has 4 bridgehead atoms. The number of thioether (sulfide) groups is 1. The maximum Gasteiger partial charge on any atom is 0.328 e. The van der Waals surface area contributed by atoms with Crippen LogP contribution in [-0.2, 0) is 88.1 Å². The third kappa shape index (κ3) is 23.3.